The molecule has 32 heavy (non-hydrogen) atoms. The van der Waals surface area contributed by atoms with E-state index in [0.717, 1.165) is 40.0 Å². The van der Waals surface area contributed by atoms with Crippen LogP contribution < -0.4 is 10.2 Å². The maximum atomic E-state index is 13.7. The Kier molecular flexibility index (Phi) is 6.60. The third-order valence-electron chi connectivity index (χ3n) is 6.12. The summed E-state index contributed by atoms with van der Waals surface area (Å²) in [4.78, 5) is 28.8. The average molecular weight is 450 g/mol. The third kappa shape index (κ3) is 4.16. The highest BCUT2D eigenvalue weighted by Crippen LogP contribution is 2.43. The summed E-state index contributed by atoms with van der Waals surface area (Å²) in [5, 5.41) is 5.12. The predicted molar refractivity (Wildman–Crippen MR) is 132 cm³/mol. The molecular formula is C26H31N3O2S. The second-order valence-corrected chi connectivity index (χ2v) is 9.71. The number of carbonyl (C=O) groups excluding carboxylic acids is 2. The summed E-state index contributed by atoms with van der Waals surface area (Å²) in [6, 6.07) is 15.4. The summed E-state index contributed by atoms with van der Waals surface area (Å²) in [7, 11) is 2.01. The molecule has 3 aromatic rings. The molecule has 0 bridgehead atoms. The van der Waals surface area contributed by atoms with Crippen molar-refractivity contribution in [2.75, 3.05) is 17.2 Å². The van der Waals surface area contributed by atoms with E-state index in [-0.39, 0.29) is 11.8 Å². The molecule has 0 radical (unpaired) electrons. The van der Waals surface area contributed by atoms with Crippen LogP contribution in [0.25, 0.3) is 10.9 Å². The summed E-state index contributed by atoms with van der Waals surface area (Å²) < 4.78 is 2.11. The van der Waals surface area contributed by atoms with E-state index in [1.165, 1.54) is 17.3 Å². The standard InChI is InChI=1S/C26H31N3O2S/c1-5-18-10-12-19(13-11-18)29-22(30)16-32-26-23(20-8-6-7-9-21(20)28(26)4)24(29)25(31)27-15-14-17(2)3/h6-13,17,24H,5,14-16H2,1-4H3,(H,27,31)/t24-/m1/s1. The number of aryl methyl sites for hydroxylation is 2. The van der Waals surface area contributed by atoms with E-state index in [4.69, 9.17) is 0 Å². The maximum Gasteiger partial charge on any atom is 0.247 e. The summed E-state index contributed by atoms with van der Waals surface area (Å²) in [6.07, 6.45) is 1.82. The van der Waals surface area contributed by atoms with Gasteiger partial charge in [0.1, 0.15) is 6.04 Å². The van der Waals surface area contributed by atoms with Crippen molar-refractivity contribution in [3.8, 4) is 0 Å². The normalized spacial score (nSPS) is 16.3. The number of fused-ring (bicyclic) bond motifs is 3. The molecule has 2 heterocycles. The number of benzene rings is 2. The molecule has 6 heteroatoms. The first kappa shape index (κ1) is 22.5. The number of nitrogens with one attached hydrogen (secondary N) is 1. The fourth-order valence-corrected chi connectivity index (χ4v) is 5.39. The lowest BCUT2D eigenvalue weighted by Crippen LogP contribution is -2.44. The van der Waals surface area contributed by atoms with Crippen LogP contribution in [0.1, 0.15) is 44.4 Å². The fourth-order valence-electron chi connectivity index (χ4n) is 4.33. The SMILES string of the molecule is CCc1ccc(N2C(=O)CSc3c(c4ccccc4n3C)[C@@H]2C(=O)NCCC(C)C)cc1. The van der Waals surface area contributed by atoms with Crippen molar-refractivity contribution >= 4 is 40.2 Å². The van der Waals surface area contributed by atoms with E-state index in [0.29, 0.717) is 18.2 Å². The minimum absolute atomic E-state index is 0.0523. The van der Waals surface area contributed by atoms with Gasteiger partial charge >= 0.3 is 0 Å². The van der Waals surface area contributed by atoms with E-state index in [1.807, 2.05) is 43.4 Å². The second kappa shape index (κ2) is 9.41. The lowest BCUT2D eigenvalue weighted by atomic mass is 10.0. The van der Waals surface area contributed by atoms with Gasteiger partial charge in [0.25, 0.3) is 0 Å². The van der Waals surface area contributed by atoms with Crippen LogP contribution in [0.3, 0.4) is 0 Å². The van der Waals surface area contributed by atoms with Crippen LogP contribution in [0.5, 0.6) is 0 Å². The van der Waals surface area contributed by atoms with Crippen molar-refractivity contribution in [2.24, 2.45) is 13.0 Å². The predicted octanol–water partition coefficient (Wildman–Crippen LogP) is 5.08. The number of carbonyl (C=O) groups is 2. The van der Waals surface area contributed by atoms with Gasteiger partial charge < -0.3 is 9.88 Å². The van der Waals surface area contributed by atoms with Crippen molar-refractivity contribution in [3.05, 3.63) is 59.7 Å². The molecule has 2 aromatic carbocycles. The van der Waals surface area contributed by atoms with Gasteiger partial charge in [0.05, 0.1) is 10.8 Å². The van der Waals surface area contributed by atoms with Gasteiger partial charge in [-0.3, -0.25) is 14.5 Å². The highest BCUT2D eigenvalue weighted by Gasteiger charge is 2.39. The smallest absolute Gasteiger partial charge is 0.247 e. The monoisotopic (exact) mass is 449 g/mol. The minimum Gasteiger partial charge on any atom is -0.354 e. The van der Waals surface area contributed by atoms with E-state index < -0.39 is 6.04 Å². The number of nitrogens with zero attached hydrogens (tertiary/aromatic N) is 2. The van der Waals surface area contributed by atoms with Crippen molar-refractivity contribution in [2.45, 2.75) is 44.7 Å². The molecule has 0 saturated heterocycles. The number of thioether (sulfide) groups is 1. The molecule has 0 unspecified atom stereocenters. The quantitative estimate of drug-likeness (QED) is 0.571. The number of hydrogen-bond acceptors (Lipinski definition) is 3. The van der Waals surface area contributed by atoms with Crippen molar-refractivity contribution < 1.29 is 9.59 Å². The molecule has 0 saturated carbocycles. The molecule has 2 amide bonds. The van der Waals surface area contributed by atoms with E-state index in [2.05, 4.69) is 42.8 Å². The Morgan fingerprint density at radius 2 is 1.88 bits per heavy atom. The fraction of sp³-hybridized carbons (Fsp3) is 0.385. The molecule has 1 aromatic heterocycles. The molecule has 0 fully saturated rings. The Labute approximate surface area is 194 Å². The Hall–Kier alpha value is -2.73. The van der Waals surface area contributed by atoms with Gasteiger partial charge in [0.15, 0.2) is 0 Å². The summed E-state index contributed by atoms with van der Waals surface area (Å²) in [5.74, 6) is 0.609. The number of para-hydroxylation sites is 1. The van der Waals surface area contributed by atoms with Crippen molar-refractivity contribution in [1.82, 2.24) is 9.88 Å². The van der Waals surface area contributed by atoms with Crippen LogP contribution in [0, 0.1) is 5.92 Å². The van der Waals surface area contributed by atoms with E-state index in [9.17, 15) is 9.59 Å². The van der Waals surface area contributed by atoms with Gasteiger partial charge in [-0.1, -0.05) is 62.9 Å². The van der Waals surface area contributed by atoms with Crippen LogP contribution in [-0.2, 0) is 23.1 Å². The van der Waals surface area contributed by atoms with Gasteiger partial charge in [0, 0.05) is 35.7 Å². The van der Waals surface area contributed by atoms with E-state index >= 15 is 0 Å². The Morgan fingerprint density at radius 3 is 2.56 bits per heavy atom. The zero-order valence-corrected chi connectivity index (χ0v) is 20.0. The molecular weight excluding hydrogens is 418 g/mol. The molecule has 1 aliphatic heterocycles. The van der Waals surface area contributed by atoms with Gasteiger partial charge in [-0.2, -0.15) is 0 Å². The van der Waals surface area contributed by atoms with Gasteiger partial charge in [-0.25, -0.2) is 0 Å². The van der Waals surface area contributed by atoms with Crippen LogP contribution in [0.15, 0.2) is 53.6 Å². The first-order valence-corrected chi connectivity index (χ1v) is 12.3. The summed E-state index contributed by atoms with van der Waals surface area (Å²) >= 11 is 1.52. The first-order valence-electron chi connectivity index (χ1n) is 11.3. The minimum atomic E-state index is -0.710. The number of aromatic nitrogens is 1. The zero-order chi connectivity index (χ0) is 22.8. The Morgan fingerprint density at radius 1 is 1.16 bits per heavy atom. The van der Waals surface area contributed by atoms with Gasteiger partial charge in [-0.05, 0) is 42.5 Å². The average Bonchev–Trinajstić information content (AvgIpc) is 2.96. The third-order valence-corrected chi connectivity index (χ3v) is 7.27. The summed E-state index contributed by atoms with van der Waals surface area (Å²) in [5.41, 5.74) is 3.95. The number of rotatable bonds is 6. The molecule has 0 aliphatic carbocycles. The second-order valence-electron chi connectivity index (χ2n) is 8.74. The van der Waals surface area contributed by atoms with Crippen LogP contribution >= 0.6 is 11.8 Å². The molecule has 168 valence electrons. The van der Waals surface area contributed by atoms with Crippen LogP contribution in [-0.4, -0.2) is 28.7 Å². The molecule has 1 N–H and O–H groups in total. The lowest BCUT2D eigenvalue weighted by molar-refractivity contribution is -0.125. The van der Waals surface area contributed by atoms with Gasteiger partial charge in [0.2, 0.25) is 11.8 Å². The van der Waals surface area contributed by atoms with Crippen molar-refractivity contribution in [1.29, 1.82) is 0 Å². The van der Waals surface area contributed by atoms with E-state index in [1.54, 1.807) is 4.90 Å². The highest BCUT2D eigenvalue weighted by atomic mass is 32.2. The lowest BCUT2D eigenvalue weighted by Gasteiger charge is -2.30. The van der Waals surface area contributed by atoms with Crippen LogP contribution in [0.4, 0.5) is 5.69 Å². The molecule has 5 nitrogen and oxygen atoms in total. The number of anilines is 1. The highest BCUT2D eigenvalue weighted by molar-refractivity contribution is 8.00. The number of amides is 2. The molecule has 1 atom stereocenters. The first-order chi connectivity index (χ1) is 15.4. The molecule has 0 spiro atoms. The largest absolute Gasteiger partial charge is 0.354 e. The zero-order valence-electron chi connectivity index (χ0n) is 19.2. The summed E-state index contributed by atoms with van der Waals surface area (Å²) in [6.45, 7) is 6.98. The van der Waals surface area contributed by atoms with Crippen LogP contribution in [0.2, 0.25) is 0 Å². The van der Waals surface area contributed by atoms with Gasteiger partial charge in [-0.15, -0.1) is 0 Å². The van der Waals surface area contributed by atoms with Crippen molar-refractivity contribution in [3.63, 3.8) is 0 Å². The molecule has 1 aliphatic rings. The Bertz CT molecular complexity index is 1130. The number of hydrogen-bond donors (Lipinski definition) is 1. The molecule has 4 rings (SSSR count). The Balaban J connectivity index is 1.86. The maximum absolute atomic E-state index is 13.7. The topological polar surface area (TPSA) is 54.3 Å².